The van der Waals surface area contributed by atoms with Gasteiger partial charge in [0.15, 0.2) is 0 Å². The zero-order chi connectivity index (χ0) is 15.6. The van der Waals surface area contributed by atoms with Gasteiger partial charge < -0.3 is 9.84 Å². The van der Waals surface area contributed by atoms with E-state index in [1.54, 1.807) is 31.2 Å². The number of benzene rings is 1. The average molecular weight is 291 g/mol. The van der Waals surface area contributed by atoms with Crippen LogP contribution in [-0.4, -0.2) is 47.0 Å². The predicted molar refractivity (Wildman–Crippen MR) is 73.7 cm³/mol. The van der Waals surface area contributed by atoms with Crippen LogP contribution in [0.4, 0.5) is 0 Å². The van der Waals surface area contributed by atoms with Gasteiger partial charge in [-0.1, -0.05) is 19.1 Å². The maximum Gasteiger partial charge on any atom is 0.329 e. The summed E-state index contributed by atoms with van der Waals surface area (Å²) in [5.74, 6) is -1.78. The third kappa shape index (κ3) is 2.67. The molecule has 0 aromatic heterocycles. The van der Waals surface area contributed by atoms with Crippen molar-refractivity contribution in [2.75, 3.05) is 7.11 Å². The van der Waals surface area contributed by atoms with Crippen LogP contribution in [-0.2, 0) is 9.53 Å². The minimum Gasteiger partial charge on any atom is -0.467 e. The van der Waals surface area contributed by atoms with Crippen molar-refractivity contribution in [3.8, 4) is 0 Å². The third-order valence-electron chi connectivity index (χ3n) is 3.58. The van der Waals surface area contributed by atoms with Gasteiger partial charge in [0.05, 0.1) is 24.3 Å². The molecule has 0 aliphatic carbocycles. The number of rotatable bonds is 5. The van der Waals surface area contributed by atoms with Crippen molar-refractivity contribution in [3.05, 3.63) is 35.4 Å². The highest BCUT2D eigenvalue weighted by molar-refractivity contribution is 6.22. The number of ether oxygens (including phenoxy) is 1. The molecule has 0 bridgehead atoms. The van der Waals surface area contributed by atoms with Crippen LogP contribution < -0.4 is 0 Å². The first kappa shape index (κ1) is 15.2. The van der Waals surface area contributed by atoms with E-state index >= 15 is 0 Å². The number of hydrogen-bond acceptors (Lipinski definition) is 5. The maximum atomic E-state index is 12.4. The van der Waals surface area contributed by atoms with Gasteiger partial charge in [0.1, 0.15) is 6.04 Å². The summed E-state index contributed by atoms with van der Waals surface area (Å²) in [6.45, 7) is 1.75. The van der Waals surface area contributed by atoms with Crippen LogP contribution in [0.25, 0.3) is 0 Å². The molecule has 112 valence electrons. The lowest BCUT2D eigenvalue weighted by Gasteiger charge is -2.25. The molecule has 0 saturated carbocycles. The number of imide groups is 1. The summed E-state index contributed by atoms with van der Waals surface area (Å²) in [6.07, 6.45) is -0.413. The standard InChI is InChI=1S/C15H17NO5/c1-3-9(17)8-12(15(20)21-2)16-13(18)10-6-4-5-7-11(10)14(16)19/h4-7,9,12,17H,3,8H2,1-2H3/t9-,12-/m1/s1. The first-order valence-corrected chi connectivity index (χ1v) is 6.74. The topological polar surface area (TPSA) is 83.9 Å². The predicted octanol–water partition coefficient (Wildman–Crippen LogP) is 0.985. The van der Waals surface area contributed by atoms with Crippen LogP contribution in [0.5, 0.6) is 0 Å². The second kappa shape index (κ2) is 6.05. The largest absolute Gasteiger partial charge is 0.467 e. The van der Waals surface area contributed by atoms with Gasteiger partial charge in [0.25, 0.3) is 11.8 Å². The first-order chi connectivity index (χ1) is 10.0. The van der Waals surface area contributed by atoms with Crippen molar-refractivity contribution in [2.45, 2.75) is 31.9 Å². The molecule has 2 atom stereocenters. The fourth-order valence-corrected chi connectivity index (χ4v) is 2.36. The third-order valence-corrected chi connectivity index (χ3v) is 3.58. The Balaban J connectivity index is 2.36. The Bertz CT molecular complexity index is 548. The van der Waals surface area contributed by atoms with E-state index in [1.807, 2.05) is 0 Å². The Hall–Kier alpha value is -2.21. The van der Waals surface area contributed by atoms with E-state index in [4.69, 9.17) is 0 Å². The van der Waals surface area contributed by atoms with E-state index in [0.717, 1.165) is 4.90 Å². The molecule has 1 aliphatic rings. The molecule has 1 aromatic carbocycles. The summed E-state index contributed by atoms with van der Waals surface area (Å²) >= 11 is 0. The monoisotopic (exact) mass is 291 g/mol. The highest BCUT2D eigenvalue weighted by atomic mass is 16.5. The molecule has 1 heterocycles. The van der Waals surface area contributed by atoms with E-state index in [2.05, 4.69) is 4.74 Å². The molecule has 2 rings (SSSR count). The van der Waals surface area contributed by atoms with Gasteiger partial charge in [-0.25, -0.2) is 4.79 Å². The molecule has 0 spiro atoms. The van der Waals surface area contributed by atoms with Gasteiger partial charge in [0.2, 0.25) is 0 Å². The molecule has 0 radical (unpaired) electrons. The lowest BCUT2D eigenvalue weighted by molar-refractivity contribution is -0.146. The summed E-state index contributed by atoms with van der Waals surface area (Å²) in [7, 11) is 1.19. The van der Waals surface area contributed by atoms with Crippen LogP contribution >= 0.6 is 0 Å². The molecule has 1 aromatic rings. The minimum atomic E-state index is -1.11. The minimum absolute atomic E-state index is 0.0331. The second-order valence-electron chi connectivity index (χ2n) is 4.86. The Labute approximate surface area is 122 Å². The Kier molecular flexibility index (Phi) is 4.37. The van der Waals surface area contributed by atoms with E-state index in [0.29, 0.717) is 6.42 Å². The molecule has 2 amide bonds. The highest BCUT2D eigenvalue weighted by Gasteiger charge is 2.43. The fourth-order valence-electron chi connectivity index (χ4n) is 2.36. The van der Waals surface area contributed by atoms with E-state index < -0.39 is 29.9 Å². The maximum absolute atomic E-state index is 12.4. The zero-order valence-corrected chi connectivity index (χ0v) is 11.9. The highest BCUT2D eigenvalue weighted by Crippen LogP contribution is 2.26. The van der Waals surface area contributed by atoms with E-state index in [9.17, 15) is 19.5 Å². The van der Waals surface area contributed by atoms with Crippen LogP contribution in [0.3, 0.4) is 0 Å². The number of methoxy groups -OCH3 is 1. The number of carbonyl (C=O) groups is 3. The molecule has 21 heavy (non-hydrogen) atoms. The quantitative estimate of drug-likeness (QED) is 0.646. The molecule has 1 aliphatic heterocycles. The van der Waals surface area contributed by atoms with Crippen molar-refractivity contribution < 1.29 is 24.2 Å². The SMILES string of the molecule is CC[C@@H](O)C[C@H](C(=O)OC)N1C(=O)c2ccccc2C1=O. The Morgan fingerprint density at radius 3 is 2.19 bits per heavy atom. The van der Waals surface area contributed by atoms with Crippen LogP contribution in [0.15, 0.2) is 24.3 Å². The molecule has 0 saturated heterocycles. The lowest BCUT2D eigenvalue weighted by atomic mass is 10.1. The second-order valence-corrected chi connectivity index (χ2v) is 4.86. The smallest absolute Gasteiger partial charge is 0.329 e. The van der Waals surface area contributed by atoms with Gasteiger partial charge in [-0.3, -0.25) is 14.5 Å². The van der Waals surface area contributed by atoms with Crippen molar-refractivity contribution in [2.24, 2.45) is 0 Å². The molecule has 0 fully saturated rings. The summed E-state index contributed by atoms with van der Waals surface area (Å²) in [5.41, 5.74) is 0.532. The summed E-state index contributed by atoms with van der Waals surface area (Å²) < 4.78 is 4.67. The number of aliphatic hydroxyl groups excluding tert-OH is 1. The number of nitrogens with zero attached hydrogens (tertiary/aromatic N) is 1. The van der Waals surface area contributed by atoms with Gasteiger partial charge in [-0.15, -0.1) is 0 Å². The van der Waals surface area contributed by atoms with E-state index in [-0.39, 0.29) is 17.5 Å². The number of carbonyl (C=O) groups excluding carboxylic acids is 3. The number of fused-ring (bicyclic) bond motifs is 1. The van der Waals surface area contributed by atoms with Crippen LogP contribution in [0, 0.1) is 0 Å². The number of aliphatic hydroxyl groups is 1. The van der Waals surface area contributed by atoms with Crippen LogP contribution in [0.2, 0.25) is 0 Å². The Morgan fingerprint density at radius 2 is 1.76 bits per heavy atom. The average Bonchev–Trinajstić information content (AvgIpc) is 2.76. The lowest BCUT2D eigenvalue weighted by Crippen LogP contribution is -2.47. The van der Waals surface area contributed by atoms with Crippen molar-refractivity contribution in [1.82, 2.24) is 4.90 Å². The summed E-state index contributed by atoms with van der Waals surface area (Å²) in [6, 6.07) is 5.28. The van der Waals surface area contributed by atoms with Crippen LogP contribution in [0.1, 0.15) is 40.5 Å². The molecule has 0 unspecified atom stereocenters. The zero-order valence-electron chi connectivity index (χ0n) is 11.9. The van der Waals surface area contributed by atoms with Crippen molar-refractivity contribution in [1.29, 1.82) is 0 Å². The summed E-state index contributed by atoms with van der Waals surface area (Å²) in [4.78, 5) is 37.5. The molecule has 6 heteroatoms. The van der Waals surface area contributed by atoms with E-state index in [1.165, 1.54) is 7.11 Å². The molecule has 6 nitrogen and oxygen atoms in total. The summed E-state index contributed by atoms with van der Waals surface area (Å²) in [5, 5.41) is 9.77. The molecule has 1 N–H and O–H groups in total. The van der Waals surface area contributed by atoms with Crippen molar-refractivity contribution in [3.63, 3.8) is 0 Å². The fraction of sp³-hybridized carbons (Fsp3) is 0.400. The Morgan fingerprint density at radius 1 is 1.24 bits per heavy atom. The van der Waals surface area contributed by atoms with Gasteiger partial charge in [-0.05, 0) is 18.6 Å². The first-order valence-electron chi connectivity index (χ1n) is 6.74. The molecular weight excluding hydrogens is 274 g/mol. The van der Waals surface area contributed by atoms with Gasteiger partial charge in [0, 0.05) is 6.42 Å². The number of esters is 1. The number of hydrogen-bond donors (Lipinski definition) is 1. The number of amides is 2. The van der Waals surface area contributed by atoms with Gasteiger partial charge >= 0.3 is 5.97 Å². The van der Waals surface area contributed by atoms with Crippen molar-refractivity contribution >= 4 is 17.8 Å². The molecular formula is C15H17NO5. The van der Waals surface area contributed by atoms with Gasteiger partial charge in [-0.2, -0.15) is 0 Å². The normalized spacial score (nSPS) is 16.6.